The molecule has 1 aliphatic rings. The SMILES string of the molecule is C[C@@H]1CCCCO[C@H](CN(C)Cc2ccccc2)[C@H](C)CN([C@H](C)CO)C(=O)c2cc(N(C)C)ccc2O1. The Balaban J connectivity index is 1.90. The Morgan fingerprint density at radius 1 is 1.08 bits per heavy atom. The second-order valence-corrected chi connectivity index (χ2v) is 11.1. The van der Waals surface area contributed by atoms with E-state index in [1.807, 2.05) is 50.2 Å². The van der Waals surface area contributed by atoms with Gasteiger partial charge in [-0.15, -0.1) is 0 Å². The van der Waals surface area contributed by atoms with Gasteiger partial charge in [-0.3, -0.25) is 9.69 Å². The average Bonchev–Trinajstić information content (AvgIpc) is 2.90. The fourth-order valence-electron chi connectivity index (χ4n) is 4.92. The number of carbonyl (C=O) groups excluding carboxylic acids is 1. The molecule has 7 nitrogen and oxygen atoms in total. The van der Waals surface area contributed by atoms with Crippen LogP contribution in [0.1, 0.15) is 56.0 Å². The molecule has 7 heteroatoms. The molecule has 4 atom stereocenters. The normalized spacial score (nSPS) is 22.4. The maximum Gasteiger partial charge on any atom is 0.258 e. The number of fused-ring (bicyclic) bond motifs is 1. The number of aliphatic hydroxyl groups excluding tert-OH is 1. The first-order valence-corrected chi connectivity index (χ1v) is 13.9. The molecular formula is C31H47N3O4. The van der Waals surface area contributed by atoms with Gasteiger partial charge in [0, 0.05) is 51.9 Å². The third kappa shape index (κ3) is 8.45. The smallest absolute Gasteiger partial charge is 0.258 e. The van der Waals surface area contributed by atoms with Crippen molar-refractivity contribution in [3.05, 3.63) is 59.7 Å². The summed E-state index contributed by atoms with van der Waals surface area (Å²) >= 11 is 0. The zero-order chi connectivity index (χ0) is 27.7. The van der Waals surface area contributed by atoms with Crippen LogP contribution < -0.4 is 9.64 Å². The summed E-state index contributed by atoms with van der Waals surface area (Å²) in [6.45, 7) is 8.72. The van der Waals surface area contributed by atoms with E-state index in [2.05, 4.69) is 50.1 Å². The van der Waals surface area contributed by atoms with E-state index in [1.165, 1.54) is 5.56 Å². The lowest BCUT2D eigenvalue weighted by Crippen LogP contribution is -2.47. The number of benzene rings is 2. The van der Waals surface area contributed by atoms with Crippen molar-refractivity contribution in [2.75, 3.05) is 52.3 Å². The predicted molar refractivity (Wildman–Crippen MR) is 154 cm³/mol. The van der Waals surface area contributed by atoms with Crippen molar-refractivity contribution < 1.29 is 19.4 Å². The Morgan fingerprint density at radius 2 is 1.82 bits per heavy atom. The number of carbonyl (C=O) groups is 1. The van der Waals surface area contributed by atoms with E-state index in [0.717, 1.165) is 38.0 Å². The van der Waals surface area contributed by atoms with Gasteiger partial charge < -0.3 is 24.4 Å². The van der Waals surface area contributed by atoms with E-state index in [9.17, 15) is 9.90 Å². The maximum absolute atomic E-state index is 14.1. The quantitative estimate of drug-likeness (QED) is 0.566. The van der Waals surface area contributed by atoms with Gasteiger partial charge in [0.05, 0.1) is 30.4 Å². The van der Waals surface area contributed by atoms with Crippen LogP contribution in [0.3, 0.4) is 0 Å². The number of ether oxygens (including phenoxy) is 2. The second-order valence-electron chi connectivity index (χ2n) is 11.1. The van der Waals surface area contributed by atoms with E-state index >= 15 is 0 Å². The summed E-state index contributed by atoms with van der Waals surface area (Å²) < 4.78 is 12.8. The van der Waals surface area contributed by atoms with Crippen molar-refractivity contribution in [3.63, 3.8) is 0 Å². The molecule has 1 heterocycles. The highest BCUT2D eigenvalue weighted by molar-refractivity contribution is 5.98. The van der Waals surface area contributed by atoms with Gasteiger partial charge in [-0.2, -0.15) is 0 Å². The fourth-order valence-corrected chi connectivity index (χ4v) is 4.92. The monoisotopic (exact) mass is 525 g/mol. The van der Waals surface area contributed by atoms with Crippen LogP contribution in [0.25, 0.3) is 0 Å². The molecule has 38 heavy (non-hydrogen) atoms. The van der Waals surface area contributed by atoms with Gasteiger partial charge in [0.15, 0.2) is 0 Å². The van der Waals surface area contributed by atoms with E-state index in [0.29, 0.717) is 24.5 Å². The van der Waals surface area contributed by atoms with Crippen molar-refractivity contribution in [1.82, 2.24) is 9.80 Å². The number of hydrogen-bond donors (Lipinski definition) is 1. The summed E-state index contributed by atoms with van der Waals surface area (Å²) in [6.07, 6.45) is 2.77. The zero-order valence-corrected chi connectivity index (χ0v) is 24.1. The molecule has 210 valence electrons. The fraction of sp³-hybridized carbons (Fsp3) is 0.581. The van der Waals surface area contributed by atoms with E-state index in [1.54, 1.807) is 4.90 Å². The highest BCUT2D eigenvalue weighted by atomic mass is 16.5. The van der Waals surface area contributed by atoms with Crippen molar-refractivity contribution in [2.45, 2.75) is 64.8 Å². The van der Waals surface area contributed by atoms with Crippen LogP contribution in [0.4, 0.5) is 5.69 Å². The lowest BCUT2D eigenvalue weighted by Gasteiger charge is -2.36. The highest BCUT2D eigenvalue weighted by Crippen LogP contribution is 2.29. The molecule has 0 aliphatic carbocycles. The molecule has 0 saturated carbocycles. The van der Waals surface area contributed by atoms with Crippen molar-refractivity contribution in [2.24, 2.45) is 5.92 Å². The molecule has 1 amide bonds. The Hall–Kier alpha value is -2.61. The Labute approximate surface area is 229 Å². The van der Waals surface area contributed by atoms with Crippen molar-refractivity contribution in [3.8, 4) is 5.75 Å². The summed E-state index contributed by atoms with van der Waals surface area (Å²) in [7, 11) is 6.04. The number of anilines is 1. The molecule has 1 N–H and O–H groups in total. The minimum Gasteiger partial charge on any atom is -0.490 e. The van der Waals surface area contributed by atoms with Crippen LogP contribution in [0, 0.1) is 5.92 Å². The number of hydrogen-bond acceptors (Lipinski definition) is 6. The summed E-state index contributed by atoms with van der Waals surface area (Å²) in [6, 6.07) is 15.9. The average molecular weight is 526 g/mol. The molecule has 0 saturated heterocycles. The summed E-state index contributed by atoms with van der Waals surface area (Å²) in [5, 5.41) is 10.1. The molecular weight excluding hydrogens is 478 g/mol. The van der Waals surface area contributed by atoms with Crippen LogP contribution in [-0.2, 0) is 11.3 Å². The molecule has 2 aromatic carbocycles. The highest BCUT2D eigenvalue weighted by Gasteiger charge is 2.30. The number of nitrogens with zero attached hydrogens (tertiary/aromatic N) is 3. The lowest BCUT2D eigenvalue weighted by atomic mass is 10.0. The van der Waals surface area contributed by atoms with Gasteiger partial charge in [0.25, 0.3) is 5.91 Å². The first-order valence-electron chi connectivity index (χ1n) is 13.9. The molecule has 0 aromatic heterocycles. The largest absolute Gasteiger partial charge is 0.490 e. The number of aliphatic hydroxyl groups is 1. The van der Waals surface area contributed by atoms with E-state index < -0.39 is 0 Å². The predicted octanol–water partition coefficient (Wildman–Crippen LogP) is 4.68. The summed E-state index contributed by atoms with van der Waals surface area (Å²) in [5.74, 6) is 0.538. The first kappa shape index (κ1) is 29.9. The number of rotatable bonds is 7. The van der Waals surface area contributed by atoms with E-state index in [4.69, 9.17) is 9.47 Å². The Morgan fingerprint density at radius 3 is 2.50 bits per heavy atom. The summed E-state index contributed by atoms with van der Waals surface area (Å²) in [5.41, 5.74) is 2.73. The van der Waals surface area contributed by atoms with Gasteiger partial charge in [-0.1, -0.05) is 37.3 Å². The topological polar surface area (TPSA) is 65.5 Å². The molecule has 3 rings (SSSR count). The van der Waals surface area contributed by atoms with Gasteiger partial charge in [0.2, 0.25) is 0 Å². The first-order chi connectivity index (χ1) is 18.2. The van der Waals surface area contributed by atoms with Crippen LogP contribution in [0.5, 0.6) is 5.75 Å². The van der Waals surface area contributed by atoms with Crippen LogP contribution in [-0.4, -0.2) is 86.5 Å². The zero-order valence-electron chi connectivity index (χ0n) is 24.1. The molecule has 0 unspecified atom stereocenters. The van der Waals surface area contributed by atoms with Gasteiger partial charge in [-0.25, -0.2) is 0 Å². The molecule has 0 spiro atoms. The second kappa shape index (κ2) is 14.5. The van der Waals surface area contributed by atoms with Crippen LogP contribution in [0.2, 0.25) is 0 Å². The van der Waals surface area contributed by atoms with Crippen molar-refractivity contribution in [1.29, 1.82) is 0 Å². The van der Waals surface area contributed by atoms with E-state index in [-0.39, 0.29) is 36.7 Å². The maximum atomic E-state index is 14.1. The molecule has 1 aliphatic heterocycles. The molecule has 0 radical (unpaired) electrons. The molecule has 2 aromatic rings. The molecule has 0 bridgehead atoms. The van der Waals surface area contributed by atoms with Crippen LogP contribution in [0.15, 0.2) is 48.5 Å². The number of likely N-dealkylation sites (N-methyl/N-ethyl adjacent to an activating group) is 1. The molecule has 0 fully saturated rings. The van der Waals surface area contributed by atoms with Crippen LogP contribution >= 0.6 is 0 Å². The van der Waals surface area contributed by atoms with Gasteiger partial charge in [-0.05, 0) is 63.9 Å². The van der Waals surface area contributed by atoms with Gasteiger partial charge in [0.1, 0.15) is 5.75 Å². The lowest BCUT2D eigenvalue weighted by molar-refractivity contribution is -0.0177. The summed E-state index contributed by atoms with van der Waals surface area (Å²) in [4.78, 5) is 20.1. The minimum absolute atomic E-state index is 0.0230. The van der Waals surface area contributed by atoms with Gasteiger partial charge >= 0.3 is 0 Å². The standard InChI is InChI=1S/C31H47N3O4/c1-23-19-34(24(2)22-35)31(36)28-18-27(32(4)5)15-16-29(28)38-25(3)12-10-11-17-37-30(23)21-33(6)20-26-13-8-7-9-14-26/h7-9,13-16,18,23-25,30,35H,10-12,17,19-22H2,1-6H3/t23-,24-,25-,30-/m1/s1. The third-order valence-electron chi connectivity index (χ3n) is 7.34. The van der Waals surface area contributed by atoms with Crippen molar-refractivity contribution >= 4 is 11.6 Å². The Kier molecular flexibility index (Phi) is 11.4. The Bertz CT molecular complexity index is 1000. The minimum atomic E-state index is -0.339. The number of amides is 1. The third-order valence-corrected chi connectivity index (χ3v) is 7.34.